The summed E-state index contributed by atoms with van der Waals surface area (Å²) < 4.78 is 43.0. The van der Waals surface area contributed by atoms with Crippen LogP contribution in [0.1, 0.15) is 36.3 Å². The van der Waals surface area contributed by atoms with E-state index in [2.05, 4.69) is 16.9 Å². The summed E-state index contributed by atoms with van der Waals surface area (Å²) in [4.78, 5) is 11.7. The van der Waals surface area contributed by atoms with Gasteiger partial charge in [-0.05, 0) is 60.7 Å². The van der Waals surface area contributed by atoms with E-state index in [1.54, 1.807) is 12.1 Å². The molecule has 1 atom stereocenters. The van der Waals surface area contributed by atoms with Crippen molar-refractivity contribution in [3.63, 3.8) is 0 Å². The van der Waals surface area contributed by atoms with Crippen LogP contribution in [0.15, 0.2) is 48.7 Å². The van der Waals surface area contributed by atoms with Gasteiger partial charge in [0.2, 0.25) is 0 Å². The minimum Gasteiger partial charge on any atom is -0.406 e. The number of hydrogen-bond donors (Lipinski definition) is 0. The molecule has 0 N–H and O–H groups in total. The van der Waals surface area contributed by atoms with Crippen LogP contribution in [0.5, 0.6) is 5.75 Å². The Kier molecular flexibility index (Phi) is 4.21. The summed E-state index contributed by atoms with van der Waals surface area (Å²) in [5.41, 5.74) is 3.93. The minimum absolute atomic E-state index is 0.191. The lowest BCUT2D eigenvalue weighted by Gasteiger charge is -2.10. The number of carbonyl (C=O) groups excluding carboxylic acids is 1. The average molecular weight is 373 g/mol. The van der Waals surface area contributed by atoms with Crippen LogP contribution >= 0.6 is 0 Å². The van der Waals surface area contributed by atoms with Crippen LogP contribution < -0.4 is 4.74 Å². The molecule has 0 saturated heterocycles. The molecule has 1 unspecified atom stereocenters. The van der Waals surface area contributed by atoms with E-state index in [1.165, 1.54) is 12.1 Å². The summed E-state index contributed by atoms with van der Waals surface area (Å²) in [7, 11) is 0. The van der Waals surface area contributed by atoms with E-state index in [-0.39, 0.29) is 17.5 Å². The molecule has 0 amide bonds. The van der Waals surface area contributed by atoms with Crippen LogP contribution in [0, 0.1) is 6.92 Å². The lowest BCUT2D eigenvalue weighted by Crippen LogP contribution is -2.17. The zero-order valence-corrected chi connectivity index (χ0v) is 14.7. The highest BCUT2D eigenvalue weighted by Gasteiger charge is 2.31. The van der Waals surface area contributed by atoms with Gasteiger partial charge in [-0.2, -0.15) is 0 Å². The molecule has 27 heavy (non-hydrogen) atoms. The smallest absolute Gasteiger partial charge is 0.406 e. The van der Waals surface area contributed by atoms with Crippen molar-refractivity contribution < 1.29 is 22.7 Å². The van der Waals surface area contributed by atoms with Crippen LogP contribution in [0.2, 0.25) is 0 Å². The molecular formula is C21H18F3NO2. The third-order valence-corrected chi connectivity index (χ3v) is 5.03. The molecule has 4 rings (SSSR count). The van der Waals surface area contributed by atoms with Crippen molar-refractivity contribution in [1.29, 1.82) is 0 Å². The van der Waals surface area contributed by atoms with Crippen molar-refractivity contribution in [3.8, 4) is 11.4 Å². The van der Waals surface area contributed by atoms with E-state index in [9.17, 15) is 18.0 Å². The van der Waals surface area contributed by atoms with Crippen LogP contribution in [-0.4, -0.2) is 16.7 Å². The summed E-state index contributed by atoms with van der Waals surface area (Å²) in [5, 5.41) is 1.08. The third-order valence-electron chi connectivity index (χ3n) is 5.03. The summed E-state index contributed by atoms with van der Waals surface area (Å²) in [6.45, 7) is 2.00. The number of hydrogen-bond acceptors (Lipinski definition) is 2. The monoisotopic (exact) mass is 373 g/mol. The van der Waals surface area contributed by atoms with Crippen LogP contribution in [0.3, 0.4) is 0 Å². The van der Waals surface area contributed by atoms with Gasteiger partial charge in [-0.3, -0.25) is 4.79 Å². The SMILES string of the molecule is Cc1ccc2c(C3CCC(=O)C3)cn(-c3ccc(OC(F)(F)F)cc3)c2c1. The van der Waals surface area contributed by atoms with Crippen molar-refractivity contribution >= 4 is 16.7 Å². The number of carbonyl (C=O) groups is 1. The lowest BCUT2D eigenvalue weighted by atomic mass is 9.97. The lowest BCUT2D eigenvalue weighted by molar-refractivity contribution is -0.274. The number of fused-ring (bicyclic) bond motifs is 1. The fraction of sp³-hybridized carbons (Fsp3) is 0.286. The van der Waals surface area contributed by atoms with Crippen molar-refractivity contribution in [2.45, 2.75) is 38.5 Å². The maximum Gasteiger partial charge on any atom is 0.573 e. The molecule has 2 aromatic carbocycles. The fourth-order valence-corrected chi connectivity index (χ4v) is 3.79. The van der Waals surface area contributed by atoms with E-state index in [1.807, 2.05) is 23.8 Å². The number of Topliss-reactive ketones (excluding diaryl/α,β-unsaturated/α-hetero) is 1. The molecule has 0 radical (unpaired) electrons. The minimum atomic E-state index is -4.71. The molecule has 3 nitrogen and oxygen atoms in total. The van der Waals surface area contributed by atoms with Gasteiger partial charge in [0.05, 0.1) is 5.52 Å². The van der Waals surface area contributed by atoms with E-state index >= 15 is 0 Å². The highest BCUT2D eigenvalue weighted by Crippen LogP contribution is 2.38. The fourth-order valence-electron chi connectivity index (χ4n) is 3.79. The van der Waals surface area contributed by atoms with E-state index in [4.69, 9.17) is 0 Å². The topological polar surface area (TPSA) is 31.2 Å². The summed E-state index contributed by atoms with van der Waals surface area (Å²) in [5.74, 6) is 0.221. The highest BCUT2D eigenvalue weighted by molar-refractivity contribution is 5.89. The number of alkyl halides is 3. The van der Waals surface area contributed by atoms with Gasteiger partial charge in [0.15, 0.2) is 0 Å². The average Bonchev–Trinajstić information content (AvgIpc) is 3.17. The summed E-state index contributed by atoms with van der Waals surface area (Å²) in [6.07, 6.45) is -0.712. The predicted octanol–water partition coefficient (Wildman–Crippen LogP) is 5.67. The van der Waals surface area contributed by atoms with Gasteiger partial charge in [0, 0.05) is 30.1 Å². The molecular weight excluding hydrogens is 355 g/mol. The van der Waals surface area contributed by atoms with E-state index in [0.29, 0.717) is 12.8 Å². The Morgan fingerprint density at radius 3 is 2.48 bits per heavy atom. The van der Waals surface area contributed by atoms with Gasteiger partial charge in [-0.1, -0.05) is 12.1 Å². The van der Waals surface area contributed by atoms with Crippen molar-refractivity contribution in [2.75, 3.05) is 0 Å². The van der Waals surface area contributed by atoms with Gasteiger partial charge < -0.3 is 9.30 Å². The first-order valence-corrected chi connectivity index (χ1v) is 8.80. The Balaban J connectivity index is 1.77. The quantitative estimate of drug-likeness (QED) is 0.592. The zero-order chi connectivity index (χ0) is 19.2. The first kappa shape index (κ1) is 17.6. The second-order valence-electron chi connectivity index (χ2n) is 7.00. The van der Waals surface area contributed by atoms with Crippen LogP contribution in [-0.2, 0) is 4.79 Å². The second-order valence-corrected chi connectivity index (χ2v) is 7.00. The normalized spacial score (nSPS) is 17.6. The molecule has 140 valence electrons. The molecule has 3 aromatic rings. The number of aromatic nitrogens is 1. The van der Waals surface area contributed by atoms with E-state index < -0.39 is 6.36 Å². The first-order chi connectivity index (χ1) is 12.8. The molecule has 1 aliphatic carbocycles. The molecule has 6 heteroatoms. The number of aryl methyl sites for hydroxylation is 1. The zero-order valence-electron chi connectivity index (χ0n) is 14.7. The van der Waals surface area contributed by atoms with E-state index in [0.717, 1.165) is 34.1 Å². The third kappa shape index (κ3) is 3.56. The molecule has 1 heterocycles. The van der Waals surface area contributed by atoms with Crippen molar-refractivity contribution in [1.82, 2.24) is 4.57 Å². The van der Waals surface area contributed by atoms with Gasteiger partial charge in [0.1, 0.15) is 11.5 Å². The molecule has 0 bridgehead atoms. The molecule has 1 aromatic heterocycles. The van der Waals surface area contributed by atoms with Crippen molar-refractivity contribution in [3.05, 3.63) is 59.8 Å². The number of benzene rings is 2. The van der Waals surface area contributed by atoms with Gasteiger partial charge in [-0.25, -0.2) is 0 Å². The summed E-state index contributed by atoms with van der Waals surface area (Å²) >= 11 is 0. The van der Waals surface area contributed by atoms with Gasteiger partial charge in [-0.15, -0.1) is 13.2 Å². The number of ether oxygens (including phenoxy) is 1. The maximum atomic E-state index is 12.4. The van der Waals surface area contributed by atoms with Crippen molar-refractivity contribution in [2.24, 2.45) is 0 Å². The molecule has 0 spiro atoms. The largest absolute Gasteiger partial charge is 0.573 e. The van der Waals surface area contributed by atoms with Gasteiger partial charge >= 0.3 is 6.36 Å². The Labute approximate surface area is 154 Å². The molecule has 1 saturated carbocycles. The predicted molar refractivity (Wildman–Crippen MR) is 96.3 cm³/mol. The number of halogens is 3. The Bertz CT molecular complexity index is 1000. The number of ketones is 1. The Hall–Kier alpha value is -2.76. The first-order valence-electron chi connectivity index (χ1n) is 8.80. The van der Waals surface area contributed by atoms with Crippen LogP contribution in [0.25, 0.3) is 16.6 Å². The van der Waals surface area contributed by atoms with Crippen LogP contribution in [0.4, 0.5) is 13.2 Å². The number of nitrogens with zero attached hydrogens (tertiary/aromatic N) is 1. The molecule has 0 aliphatic heterocycles. The standard InChI is InChI=1S/C21H18F3NO2/c1-13-2-9-18-19(14-3-6-16(26)11-14)12-25(20(18)10-13)15-4-7-17(8-5-15)27-21(22,23)24/h2,4-5,7-10,12,14H,3,6,11H2,1H3. The summed E-state index contributed by atoms with van der Waals surface area (Å²) in [6, 6.07) is 12.0. The highest BCUT2D eigenvalue weighted by atomic mass is 19.4. The second kappa shape index (κ2) is 6.44. The molecule has 1 fully saturated rings. The maximum absolute atomic E-state index is 12.4. The molecule has 1 aliphatic rings. The number of rotatable bonds is 3. The Morgan fingerprint density at radius 2 is 1.85 bits per heavy atom. The van der Waals surface area contributed by atoms with Gasteiger partial charge in [0.25, 0.3) is 0 Å². The Morgan fingerprint density at radius 1 is 1.11 bits per heavy atom.